The molecule has 3 rings (SSSR count). The van der Waals surface area contributed by atoms with Crippen LogP contribution in [0, 0.1) is 5.82 Å². The quantitative estimate of drug-likeness (QED) is 0.891. The van der Waals surface area contributed by atoms with Gasteiger partial charge in [0.05, 0.1) is 13.2 Å². The highest BCUT2D eigenvalue weighted by atomic mass is 35.5. The van der Waals surface area contributed by atoms with Gasteiger partial charge in [0.15, 0.2) is 0 Å². The van der Waals surface area contributed by atoms with E-state index >= 15 is 0 Å². The minimum atomic E-state index is -0.553. The van der Waals surface area contributed by atoms with Crippen molar-refractivity contribution in [1.82, 2.24) is 15.1 Å². The van der Waals surface area contributed by atoms with E-state index in [1.54, 1.807) is 18.2 Å². The highest BCUT2D eigenvalue weighted by Gasteiger charge is 2.34. The predicted octanol–water partition coefficient (Wildman–Crippen LogP) is 1.05. The number of morpholine rings is 1. The summed E-state index contributed by atoms with van der Waals surface area (Å²) in [5.74, 6) is -0.323. The molecular weight excluding hydrogens is 321 g/mol. The van der Waals surface area contributed by atoms with Gasteiger partial charge in [-0.05, 0) is 6.07 Å². The second kappa shape index (κ2) is 8.59. The fraction of sp³-hybridized carbons (Fsp3) is 0.562. The fourth-order valence-corrected chi connectivity index (χ4v) is 3.08. The van der Waals surface area contributed by atoms with Crippen LogP contribution in [0.1, 0.15) is 11.6 Å². The predicted molar refractivity (Wildman–Crippen MR) is 88.2 cm³/mol. The Hall–Kier alpha value is -1.21. The number of piperazine rings is 1. The van der Waals surface area contributed by atoms with E-state index in [4.69, 9.17) is 4.74 Å². The molecule has 1 unspecified atom stereocenters. The van der Waals surface area contributed by atoms with Crippen molar-refractivity contribution in [2.24, 2.45) is 0 Å². The highest BCUT2D eigenvalue weighted by molar-refractivity contribution is 5.85. The molecule has 0 aromatic heterocycles. The maximum Gasteiger partial charge on any atom is 0.244 e. The Morgan fingerprint density at radius 2 is 1.78 bits per heavy atom. The molecule has 2 heterocycles. The summed E-state index contributed by atoms with van der Waals surface area (Å²) >= 11 is 0. The molecule has 128 valence electrons. The smallest absolute Gasteiger partial charge is 0.244 e. The van der Waals surface area contributed by atoms with Gasteiger partial charge in [0.2, 0.25) is 5.91 Å². The molecule has 0 aliphatic carbocycles. The van der Waals surface area contributed by atoms with Crippen LogP contribution in [0.15, 0.2) is 24.3 Å². The Morgan fingerprint density at radius 1 is 1.13 bits per heavy atom. The number of carbonyl (C=O) groups is 1. The average molecular weight is 344 g/mol. The summed E-state index contributed by atoms with van der Waals surface area (Å²) in [6.45, 7) is 5.40. The lowest BCUT2D eigenvalue weighted by molar-refractivity contribution is -0.139. The SMILES string of the molecule is Cl.O=C(C(c1ccccc1F)N1CCOCC1)N1CCNCC1. The molecule has 2 aliphatic rings. The third-order valence-corrected chi connectivity index (χ3v) is 4.27. The molecule has 1 aromatic carbocycles. The van der Waals surface area contributed by atoms with Crippen molar-refractivity contribution in [1.29, 1.82) is 0 Å². The molecule has 5 nitrogen and oxygen atoms in total. The van der Waals surface area contributed by atoms with Crippen LogP contribution in [-0.4, -0.2) is 68.2 Å². The van der Waals surface area contributed by atoms with Crippen LogP contribution in [0.2, 0.25) is 0 Å². The van der Waals surface area contributed by atoms with Crippen molar-refractivity contribution in [2.75, 3.05) is 52.5 Å². The minimum Gasteiger partial charge on any atom is -0.379 e. The van der Waals surface area contributed by atoms with Crippen LogP contribution < -0.4 is 5.32 Å². The van der Waals surface area contributed by atoms with Gasteiger partial charge in [0.25, 0.3) is 0 Å². The summed E-state index contributed by atoms with van der Waals surface area (Å²) in [7, 11) is 0. The number of hydrogen-bond donors (Lipinski definition) is 1. The molecule has 1 atom stereocenters. The first kappa shape index (κ1) is 18.1. The molecule has 2 aliphatic heterocycles. The van der Waals surface area contributed by atoms with E-state index in [0.29, 0.717) is 45.0 Å². The zero-order valence-electron chi connectivity index (χ0n) is 13.0. The Kier molecular flexibility index (Phi) is 6.77. The molecule has 0 saturated carbocycles. The number of amides is 1. The molecule has 2 fully saturated rings. The van der Waals surface area contributed by atoms with Crippen molar-refractivity contribution >= 4 is 18.3 Å². The van der Waals surface area contributed by atoms with Gasteiger partial charge in [-0.1, -0.05) is 18.2 Å². The van der Waals surface area contributed by atoms with Gasteiger partial charge in [-0.15, -0.1) is 12.4 Å². The maximum atomic E-state index is 14.3. The number of rotatable bonds is 3. The van der Waals surface area contributed by atoms with E-state index in [1.165, 1.54) is 6.07 Å². The highest BCUT2D eigenvalue weighted by Crippen LogP contribution is 2.26. The first-order valence-corrected chi connectivity index (χ1v) is 7.83. The van der Waals surface area contributed by atoms with Crippen molar-refractivity contribution in [3.05, 3.63) is 35.6 Å². The monoisotopic (exact) mass is 343 g/mol. The summed E-state index contributed by atoms with van der Waals surface area (Å²) in [5.41, 5.74) is 0.466. The van der Waals surface area contributed by atoms with Crippen molar-refractivity contribution in [3.8, 4) is 0 Å². The molecule has 7 heteroatoms. The Labute approximate surface area is 142 Å². The number of ether oxygens (including phenoxy) is 1. The molecule has 1 aromatic rings. The zero-order valence-corrected chi connectivity index (χ0v) is 13.9. The van der Waals surface area contributed by atoms with E-state index in [2.05, 4.69) is 5.32 Å². The van der Waals surface area contributed by atoms with E-state index in [9.17, 15) is 9.18 Å². The van der Waals surface area contributed by atoms with E-state index in [0.717, 1.165) is 13.1 Å². The van der Waals surface area contributed by atoms with Crippen LogP contribution >= 0.6 is 12.4 Å². The second-order valence-electron chi connectivity index (χ2n) is 5.65. The van der Waals surface area contributed by atoms with Gasteiger partial charge in [-0.3, -0.25) is 9.69 Å². The molecule has 1 N–H and O–H groups in total. The van der Waals surface area contributed by atoms with Crippen molar-refractivity contribution < 1.29 is 13.9 Å². The number of nitrogens with one attached hydrogen (secondary N) is 1. The number of benzene rings is 1. The third-order valence-electron chi connectivity index (χ3n) is 4.27. The van der Waals surface area contributed by atoms with Gasteiger partial charge in [-0.2, -0.15) is 0 Å². The van der Waals surface area contributed by atoms with Gasteiger partial charge in [-0.25, -0.2) is 4.39 Å². The van der Waals surface area contributed by atoms with Crippen LogP contribution in [0.5, 0.6) is 0 Å². The lowest BCUT2D eigenvalue weighted by atomic mass is 10.0. The lowest BCUT2D eigenvalue weighted by Crippen LogP contribution is -2.52. The Bertz CT molecular complexity index is 520. The fourth-order valence-electron chi connectivity index (χ4n) is 3.08. The van der Waals surface area contributed by atoms with E-state index < -0.39 is 6.04 Å². The summed E-state index contributed by atoms with van der Waals surface area (Å²) in [4.78, 5) is 16.9. The van der Waals surface area contributed by atoms with Crippen LogP contribution in [-0.2, 0) is 9.53 Å². The third kappa shape index (κ3) is 4.20. The summed E-state index contributed by atoms with van der Waals surface area (Å²) in [5, 5.41) is 3.24. The lowest BCUT2D eigenvalue weighted by Gasteiger charge is -2.38. The van der Waals surface area contributed by atoms with Crippen LogP contribution in [0.4, 0.5) is 4.39 Å². The average Bonchev–Trinajstić information content (AvgIpc) is 2.58. The standard InChI is InChI=1S/C16H22FN3O2.ClH/c17-14-4-2-1-3-13(14)15(19-9-11-22-12-10-19)16(21)20-7-5-18-6-8-20;/h1-4,15,18H,5-12H2;1H. The first-order chi connectivity index (χ1) is 10.8. The van der Waals surface area contributed by atoms with Crippen LogP contribution in [0.25, 0.3) is 0 Å². The molecule has 2 saturated heterocycles. The van der Waals surface area contributed by atoms with E-state index in [1.807, 2.05) is 9.80 Å². The first-order valence-electron chi connectivity index (χ1n) is 7.83. The van der Waals surface area contributed by atoms with Gasteiger partial charge in [0.1, 0.15) is 11.9 Å². The molecule has 0 spiro atoms. The zero-order chi connectivity index (χ0) is 15.4. The van der Waals surface area contributed by atoms with Crippen molar-refractivity contribution in [2.45, 2.75) is 6.04 Å². The normalized spacial score (nSPS) is 20.7. The number of carbonyl (C=O) groups excluding carboxylic acids is 1. The maximum absolute atomic E-state index is 14.3. The summed E-state index contributed by atoms with van der Waals surface area (Å²) in [6.07, 6.45) is 0. The Balaban J connectivity index is 0.00000192. The summed E-state index contributed by atoms with van der Waals surface area (Å²) in [6, 6.07) is 6.04. The molecule has 0 radical (unpaired) electrons. The molecule has 0 bridgehead atoms. The molecule has 1 amide bonds. The second-order valence-corrected chi connectivity index (χ2v) is 5.65. The Morgan fingerprint density at radius 3 is 2.43 bits per heavy atom. The van der Waals surface area contributed by atoms with Gasteiger partial charge < -0.3 is 15.0 Å². The topological polar surface area (TPSA) is 44.8 Å². The van der Waals surface area contributed by atoms with Crippen molar-refractivity contribution in [3.63, 3.8) is 0 Å². The van der Waals surface area contributed by atoms with Gasteiger partial charge in [0, 0.05) is 44.8 Å². The molecule has 23 heavy (non-hydrogen) atoms. The van der Waals surface area contributed by atoms with Gasteiger partial charge >= 0.3 is 0 Å². The van der Waals surface area contributed by atoms with Crippen LogP contribution in [0.3, 0.4) is 0 Å². The molecular formula is C16H23ClFN3O2. The largest absolute Gasteiger partial charge is 0.379 e. The minimum absolute atomic E-state index is 0. The van der Waals surface area contributed by atoms with E-state index in [-0.39, 0.29) is 24.1 Å². The number of halogens is 2. The number of nitrogens with zero attached hydrogens (tertiary/aromatic N) is 2. The summed E-state index contributed by atoms with van der Waals surface area (Å²) < 4.78 is 19.7. The number of hydrogen-bond acceptors (Lipinski definition) is 4.